The van der Waals surface area contributed by atoms with Gasteiger partial charge < -0.3 is 5.11 Å². The fourth-order valence-electron chi connectivity index (χ4n) is 2.40. The van der Waals surface area contributed by atoms with E-state index in [1.54, 1.807) is 0 Å². The standard InChI is InChI=1S/C13H19NO/c1-11-7-13(15)10-14(8-11)9-12-5-3-2-4-6-12/h2-6,11,13,15H,7-10H2,1H3/t11-,13+/m0/s1. The van der Waals surface area contributed by atoms with Gasteiger partial charge in [0.05, 0.1) is 6.10 Å². The predicted octanol–water partition coefficient (Wildman–Crippen LogP) is 1.89. The molecule has 2 heteroatoms. The van der Waals surface area contributed by atoms with E-state index in [0.29, 0.717) is 5.92 Å². The molecule has 1 aliphatic heterocycles. The molecule has 82 valence electrons. The van der Waals surface area contributed by atoms with E-state index in [1.807, 2.05) is 6.07 Å². The zero-order valence-corrected chi connectivity index (χ0v) is 9.26. The number of benzene rings is 1. The fourth-order valence-corrected chi connectivity index (χ4v) is 2.40. The number of likely N-dealkylation sites (tertiary alicyclic amines) is 1. The highest BCUT2D eigenvalue weighted by molar-refractivity contribution is 5.14. The van der Waals surface area contributed by atoms with Crippen LogP contribution in [0.1, 0.15) is 18.9 Å². The highest BCUT2D eigenvalue weighted by Gasteiger charge is 2.22. The molecule has 1 fully saturated rings. The highest BCUT2D eigenvalue weighted by atomic mass is 16.3. The van der Waals surface area contributed by atoms with Gasteiger partial charge >= 0.3 is 0 Å². The Balaban J connectivity index is 1.94. The Morgan fingerprint density at radius 1 is 1.27 bits per heavy atom. The summed E-state index contributed by atoms with van der Waals surface area (Å²) in [6.07, 6.45) is 0.808. The summed E-state index contributed by atoms with van der Waals surface area (Å²) in [4.78, 5) is 2.34. The van der Waals surface area contributed by atoms with Crippen LogP contribution in [0.5, 0.6) is 0 Å². The molecule has 1 aliphatic rings. The molecule has 1 aromatic rings. The molecule has 2 nitrogen and oxygen atoms in total. The van der Waals surface area contributed by atoms with E-state index >= 15 is 0 Å². The summed E-state index contributed by atoms with van der Waals surface area (Å²) in [6, 6.07) is 10.5. The van der Waals surface area contributed by atoms with Crippen LogP contribution in [0.3, 0.4) is 0 Å². The zero-order valence-electron chi connectivity index (χ0n) is 9.26. The second-order valence-corrected chi connectivity index (χ2v) is 4.67. The van der Waals surface area contributed by atoms with E-state index in [-0.39, 0.29) is 6.10 Å². The summed E-state index contributed by atoms with van der Waals surface area (Å²) in [5.41, 5.74) is 1.33. The maximum absolute atomic E-state index is 9.69. The first-order chi connectivity index (χ1) is 7.24. The minimum absolute atomic E-state index is 0.141. The van der Waals surface area contributed by atoms with Crippen molar-refractivity contribution in [2.75, 3.05) is 13.1 Å². The summed E-state index contributed by atoms with van der Waals surface area (Å²) in [5.74, 6) is 0.609. The van der Waals surface area contributed by atoms with Crippen LogP contribution in [0.25, 0.3) is 0 Å². The summed E-state index contributed by atoms with van der Waals surface area (Å²) in [7, 11) is 0. The van der Waals surface area contributed by atoms with E-state index in [1.165, 1.54) is 5.56 Å². The van der Waals surface area contributed by atoms with Crippen LogP contribution >= 0.6 is 0 Å². The van der Waals surface area contributed by atoms with E-state index < -0.39 is 0 Å². The van der Waals surface area contributed by atoms with Gasteiger partial charge in [-0.05, 0) is 17.9 Å². The fraction of sp³-hybridized carbons (Fsp3) is 0.538. The minimum Gasteiger partial charge on any atom is -0.392 e. The second kappa shape index (κ2) is 4.77. The smallest absolute Gasteiger partial charge is 0.0670 e. The van der Waals surface area contributed by atoms with E-state index in [2.05, 4.69) is 36.1 Å². The molecular formula is C13H19NO. The van der Waals surface area contributed by atoms with Crippen molar-refractivity contribution in [1.29, 1.82) is 0 Å². The van der Waals surface area contributed by atoms with Crippen LogP contribution in [0.4, 0.5) is 0 Å². The number of aliphatic hydroxyl groups is 1. The lowest BCUT2D eigenvalue weighted by atomic mass is 9.97. The van der Waals surface area contributed by atoms with Crippen LogP contribution in [-0.2, 0) is 6.54 Å². The second-order valence-electron chi connectivity index (χ2n) is 4.67. The van der Waals surface area contributed by atoms with Gasteiger partial charge in [0, 0.05) is 19.6 Å². The molecule has 0 bridgehead atoms. The van der Waals surface area contributed by atoms with Gasteiger partial charge in [-0.15, -0.1) is 0 Å². The van der Waals surface area contributed by atoms with Crippen LogP contribution in [0, 0.1) is 5.92 Å². The van der Waals surface area contributed by atoms with Crippen molar-refractivity contribution in [3.8, 4) is 0 Å². The first-order valence-corrected chi connectivity index (χ1v) is 5.68. The molecule has 0 spiro atoms. The lowest BCUT2D eigenvalue weighted by molar-refractivity contribution is 0.0409. The Morgan fingerprint density at radius 2 is 2.00 bits per heavy atom. The Hall–Kier alpha value is -0.860. The molecule has 1 saturated heterocycles. The molecule has 0 amide bonds. The topological polar surface area (TPSA) is 23.5 Å². The summed E-state index contributed by atoms with van der Waals surface area (Å²) in [6.45, 7) is 5.09. The largest absolute Gasteiger partial charge is 0.392 e. The number of aliphatic hydroxyl groups excluding tert-OH is 1. The van der Waals surface area contributed by atoms with Gasteiger partial charge in [0.25, 0.3) is 0 Å². The van der Waals surface area contributed by atoms with E-state index in [4.69, 9.17) is 0 Å². The maximum atomic E-state index is 9.69. The monoisotopic (exact) mass is 205 g/mol. The quantitative estimate of drug-likeness (QED) is 0.797. The lowest BCUT2D eigenvalue weighted by Crippen LogP contribution is -2.41. The first kappa shape index (κ1) is 10.7. The molecule has 0 aliphatic carbocycles. The van der Waals surface area contributed by atoms with Crippen LogP contribution < -0.4 is 0 Å². The van der Waals surface area contributed by atoms with Crippen molar-refractivity contribution < 1.29 is 5.11 Å². The Labute approximate surface area is 91.5 Å². The summed E-state index contributed by atoms with van der Waals surface area (Å²) >= 11 is 0. The molecule has 0 unspecified atom stereocenters. The normalized spacial score (nSPS) is 27.9. The van der Waals surface area contributed by atoms with Gasteiger partial charge in [-0.1, -0.05) is 37.3 Å². The highest BCUT2D eigenvalue weighted by Crippen LogP contribution is 2.18. The molecule has 1 aromatic carbocycles. The number of nitrogens with zero attached hydrogens (tertiary/aromatic N) is 1. The third-order valence-electron chi connectivity index (χ3n) is 2.96. The molecule has 2 atom stereocenters. The van der Waals surface area contributed by atoms with Gasteiger partial charge in [-0.2, -0.15) is 0 Å². The van der Waals surface area contributed by atoms with Crippen LogP contribution in [0.15, 0.2) is 30.3 Å². The molecular weight excluding hydrogens is 186 g/mol. The number of hydrogen-bond donors (Lipinski definition) is 1. The SMILES string of the molecule is C[C@H]1C[C@@H](O)CN(Cc2ccccc2)C1. The first-order valence-electron chi connectivity index (χ1n) is 5.68. The van der Waals surface area contributed by atoms with E-state index in [0.717, 1.165) is 26.1 Å². The van der Waals surface area contributed by atoms with Crippen molar-refractivity contribution in [3.63, 3.8) is 0 Å². The summed E-state index contributed by atoms with van der Waals surface area (Å²) < 4.78 is 0. The van der Waals surface area contributed by atoms with Crippen molar-refractivity contribution >= 4 is 0 Å². The molecule has 1 heterocycles. The van der Waals surface area contributed by atoms with Gasteiger partial charge in [0.15, 0.2) is 0 Å². The molecule has 1 N–H and O–H groups in total. The predicted molar refractivity (Wildman–Crippen MR) is 61.5 cm³/mol. The van der Waals surface area contributed by atoms with Gasteiger partial charge in [0.2, 0.25) is 0 Å². The molecule has 2 rings (SSSR count). The van der Waals surface area contributed by atoms with Gasteiger partial charge in [0.1, 0.15) is 0 Å². The van der Waals surface area contributed by atoms with Crippen molar-refractivity contribution in [1.82, 2.24) is 4.90 Å². The average molecular weight is 205 g/mol. The Bertz CT molecular complexity index is 289. The van der Waals surface area contributed by atoms with Gasteiger partial charge in [-0.3, -0.25) is 4.90 Å². The molecule has 15 heavy (non-hydrogen) atoms. The minimum atomic E-state index is -0.141. The molecule has 0 saturated carbocycles. The maximum Gasteiger partial charge on any atom is 0.0670 e. The Kier molecular flexibility index (Phi) is 3.39. The third-order valence-corrected chi connectivity index (χ3v) is 2.96. The number of hydrogen-bond acceptors (Lipinski definition) is 2. The van der Waals surface area contributed by atoms with Crippen molar-refractivity contribution in [2.24, 2.45) is 5.92 Å². The molecule has 0 radical (unpaired) electrons. The van der Waals surface area contributed by atoms with Crippen molar-refractivity contribution in [3.05, 3.63) is 35.9 Å². The molecule has 0 aromatic heterocycles. The third kappa shape index (κ3) is 3.05. The van der Waals surface area contributed by atoms with Crippen LogP contribution in [0.2, 0.25) is 0 Å². The van der Waals surface area contributed by atoms with Crippen molar-refractivity contribution in [2.45, 2.75) is 26.0 Å². The number of piperidine rings is 1. The van der Waals surface area contributed by atoms with Crippen LogP contribution in [-0.4, -0.2) is 29.2 Å². The number of β-amino-alcohol motifs (C(OH)–C–C–N with tert-alkyl or cyclic N) is 1. The zero-order chi connectivity index (χ0) is 10.7. The lowest BCUT2D eigenvalue weighted by Gasteiger charge is -2.34. The number of rotatable bonds is 2. The Morgan fingerprint density at radius 3 is 2.67 bits per heavy atom. The van der Waals surface area contributed by atoms with Gasteiger partial charge in [-0.25, -0.2) is 0 Å². The average Bonchev–Trinajstić information content (AvgIpc) is 2.17. The van der Waals surface area contributed by atoms with E-state index in [9.17, 15) is 5.11 Å². The summed E-state index contributed by atoms with van der Waals surface area (Å²) in [5, 5.41) is 9.69.